The van der Waals surface area contributed by atoms with E-state index in [9.17, 15) is 0 Å². The van der Waals surface area contributed by atoms with E-state index >= 15 is 0 Å². The topological polar surface area (TPSA) is 68.2 Å². The van der Waals surface area contributed by atoms with Gasteiger partial charge in [-0.2, -0.15) is 5.10 Å². The normalized spacial score (nSPS) is 28.6. The molecule has 1 fully saturated rings. The zero-order chi connectivity index (χ0) is 14.1. The van der Waals surface area contributed by atoms with E-state index in [0.717, 1.165) is 22.9 Å². The minimum Gasteiger partial charge on any atom is -0.271 e. The lowest BCUT2D eigenvalue weighted by atomic mass is 9.72. The number of aromatic nitrogens is 3. The monoisotopic (exact) mass is 273 g/mol. The fourth-order valence-electron chi connectivity index (χ4n) is 3.85. The molecule has 1 saturated carbocycles. The second-order valence-corrected chi connectivity index (χ2v) is 6.33. The molecular formula is C15H23N5. The number of hydrogen-bond donors (Lipinski definition) is 2. The van der Waals surface area contributed by atoms with Gasteiger partial charge in [0, 0.05) is 18.0 Å². The molecule has 2 aromatic rings. The van der Waals surface area contributed by atoms with Crippen molar-refractivity contribution in [3.63, 3.8) is 0 Å². The summed E-state index contributed by atoms with van der Waals surface area (Å²) in [5.74, 6) is 7.96. The Morgan fingerprint density at radius 1 is 1.25 bits per heavy atom. The highest BCUT2D eigenvalue weighted by molar-refractivity contribution is 5.53. The summed E-state index contributed by atoms with van der Waals surface area (Å²) in [4.78, 5) is 4.21. The summed E-state index contributed by atoms with van der Waals surface area (Å²) in [6, 6.07) is 0.155. The number of nitrogens with zero attached hydrogens (tertiary/aromatic N) is 3. The van der Waals surface area contributed by atoms with Gasteiger partial charge in [-0.1, -0.05) is 13.8 Å². The molecule has 108 valence electrons. The SMILES string of the molecule is CC1CC(C)CC(C(NN)c2cnn3ccncc23)C1. The molecule has 2 heterocycles. The molecule has 1 aliphatic rings. The molecule has 3 atom stereocenters. The summed E-state index contributed by atoms with van der Waals surface area (Å²) in [7, 11) is 0. The Kier molecular flexibility index (Phi) is 3.72. The van der Waals surface area contributed by atoms with Gasteiger partial charge >= 0.3 is 0 Å². The number of nitrogens with two attached hydrogens (primary N) is 1. The zero-order valence-electron chi connectivity index (χ0n) is 12.2. The van der Waals surface area contributed by atoms with Crippen molar-refractivity contribution in [1.82, 2.24) is 20.0 Å². The maximum absolute atomic E-state index is 5.87. The van der Waals surface area contributed by atoms with Gasteiger partial charge in [0.15, 0.2) is 0 Å². The molecule has 2 aromatic heterocycles. The fraction of sp³-hybridized carbons (Fsp3) is 0.600. The van der Waals surface area contributed by atoms with Crippen LogP contribution in [0.1, 0.15) is 44.7 Å². The van der Waals surface area contributed by atoms with E-state index in [2.05, 4.69) is 29.4 Å². The first-order valence-corrected chi connectivity index (χ1v) is 7.42. The van der Waals surface area contributed by atoms with Crippen molar-refractivity contribution >= 4 is 5.52 Å². The maximum Gasteiger partial charge on any atom is 0.0893 e. The minimum absolute atomic E-state index is 0.155. The molecule has 0 aromatic carbocycles. The highest BCUT2D eigenvalue weighted by Crippen LogP contribution is 2.40. The molecule has 1 aliphatic carbocycles. The van der Waals surface area contributed by atoms with Gasteiger partial charge in [0.05, 0.1) is 24.0 Å². The van der Waals surface area contributed by atoms with Crippen LogP contribution in [0.15, 0.2) is 24.8 Å². The van der Waals surface area contributed by atoms with Crippen molar-refractivity contribution in [1.29, 1.82) is 0 Å². The van der Waals surface area contributed by atoms with Crippen LogP contribution in [0, 0.1) is 17.8 Å². The van der Waals surface area contributed by atoms with Gasteiger partial charge in [-0.25, -0.2) is 4.52 Å². The van der Waals surface area contributed by atoms with Crippen molar-refractivity contribution in [3.05, 3.63) is 30.4 Å². The van der Waals surface area contributed by atoms with E-state index in [4.69, 9.17) is 5.84 Å². The van der Waals surface area contributed by atoms with Gasteiger partial charge < -0.3 is 0 Å². The first-order chi connectivity index (χ1) is 9.69. The molecule has 0 aliphatic heterocycles. The summed E-state index contributed by atoms with van der Waals surface area (Å²) in [6.07, 6.45) is 11.2. The Morgan fingerprint density at radius 3 is 2.70 bits per heavy atom. The smallest absolute Gasteiger partial charge is 0.0893 e. The van der Waals surface area contributed by atoms with Crippen LogP contribution < -0.4 is 11.3 Å². The third kappa shape index (κ3) is 2.43. The second kappa shape index (κ2) is 5.50. The molecule has 5 heteroatoms. The summed E-state index contributed by atoms with van der Waals surface area (Å²) < 4.78 is 1.86. The molecule has 0 bridgehead atoms. The van der Waals surface area contributed by atoms with Crippen LogP contribution in [0.3, 0.4) is 0 Å². The third-order valence-electron chi connectivity index (χ3n) is 4.56. The Bertz CT molecular complexity index is 568. The first-order valence-electron chi connectivity index (χ1n) is 7.42. The molecule has 0 spiro atoms. The van der Waals surface area contributed by atoms with E-state index in [1.54, 1.807) is 6.20 Å². The van der Waals surface area contributed by atoms with Gasteiger partial charge in [-0.05, 0) is 37.0 Å². The van der Waals surface area contributed by atoms with Gasteiger partial charge in [-0.3, -0.25) is 16.3 Å². The molecule has 5 nitrogen and oxygen atoms in total. The van der Waals surface area contributed by atoms with Gasteiger partial charge in [0.25, 0.3) is 0 Å². The maximum atomic E-state index is 5.87. The first kappa shape index (κ1) is 13.5. The summed E-state index contributed by atoms with van der Waals surface area (Å²) in [6.45, 7) is 4.68. The van der Waals surface area contributed by atoms with Crippen LogP contribution >= 0.6 is 0 Å². The second-order valence-electron chi connectivity index (χ2n) is 6.33. The lowest BCUT2D eigenvalue weighted by Gasteiger charge is -2.36. The number of nitrogens with one attached hydrogen (secondary N) is 1. The van der Waals surface area contributed by atoms with Crippen LogP contribution in [0.2, 0.25) is 0 Å². The number of rotatable bonds is 3. The summed E-state index contributed by atoms with van der Waals surface area (Å²) in [5, 5.41) is 4.40. The van der Waals surface area contributed by atoms with E-state index < -0.39 is 0 Å². The number of hydrogen-bond acceptors (Lipinski definition) is 4. The van der Waals surface area contributed by atoms with Crippen molar-refractivity contribution < 1.29 is 0 Å². The predicted octanol–water partition coefficient (Wildman–Crippen LogP) is 2.31. The molecule has 3 rings (SSSR count). The van der Waals surface area contributed by atoms with Crippen LogP contribution in [-0.2, 0) is 0 Å². The molecule has 3 N–H and O–H groups in total. The van der Waals surface area contributed by atoms with Crippen LogP contribution in [0.5, 0.6) is 0 Å². The molecule has 0 saturated heterocycles. The summed E-state index contributed by atoms with van der Waals surface area (Å²) >= 11 is 0. The van der Waals surface area contributed by atoms with Gasteiger partial charge in [0.2, 0.25) is 0 Å². The van der Waals surface area contributed by atoms with Crippen molar-refractivity contribution in [2.75, 3.05) is 0 Å². The van der Waals surface area contributed by atoms with Gasteiger partial charge in [-0.15, -0.1) is 0 Å². The third-order valence-corrected chi connectivity index (χ3v) is 4.56. The van der Waals surface area contributed by atoms with E-state index in [1.807, 2.05) is 23.1 Å². The minimum atomic E-state index is 0.155. The van der Waals surface area contributed by atoms with Crippen LogP contribution in [-0.4, -0.2) is 14.6 Å². The quantitative estimate of drug-likeness (QED) is 0.665. The zero-order valence-corrected chi connectivity index (χ0v) is 12.2. The van der Waals surface area contributed by atoms with E-state index in [0.29, 0.717) is 5.92 Å². The Labute approximate surface area is 119 Å². The Balaban J connectivity index is 1.93. The molecule has 3 unspecified atom stereocenters. The molecular weight excluding hydrogens is 250 g/mol. The molecule has 0 amide bonds. The fourth-order valence-corrected chi connectivity index (χ4v) is 3.85. The molecule has 0 radical (unpaired) electrons. The van der Waals surface area contributed by atoms with E-state index in [-0.39, 0.29) is 6.04 Å². The van der Waals surface area contributed by atoms with Crippen molar-refractivity contribution in [2.24, 2.45) is 23.6 Å². The molecule has 20 heavy (non-hydrogen) atoms. The van der Waals surface area contributed by atoms with Crippen LogP contribution in [0.25, 0.3) is 5.52 Å². The highest BCUT2D eigenvalue weighted by Gasteiger charge is 2.31. The summed E-state index contributed by atoms with van der Waals surface area (Å²) in [5.41, 5.74) is 5.23. The number of hydrazine groups is 1. The standard InChI is InChI=1S/C15H23N5/c1-10-5-11(2)7-12(6-10)15(19-16)13-8-18-20-4-3-17-9-14(13)20/h3-4,8-12,15,19H,5-7,16H2,1-2H3. The van der Waals surface area contributed by atoms with Crippen molar-refractivity contribution in [2.45, 2.75) is 39.2 Å². The Hall–Kier alpha value is -1.46. The lowest BCUT2D eigenvalue weighted by molar-refractivity contribution is 0.177. The lowest BCUT2D eigenvalue weighted by Crippen LogP contribution is -2.37. The average molecular weight is 273 g/mol. The van der Waals surface area contributed by atoms with Crippen LogP contribution in [0.4, 0.5) is 0 Å². The number of fused-ring (bicyclic) bond motifs is 1. The average Bonchev–Trinajstić information content (AvgIpc) is 2.83. The van der Waals surface area contributed by atoms with E-state index in [1.165, 1.54) is 19.3 Å². The Morgan fingerprint density at radius 2 is 2.00 bits per heavy atom. The highest BCUT2D eigenvalue weighted by atomic mass is 15.3. The largest absolute Gasteiger partial charge is 0.271 e. The predicted molar refractivity (Wildman–Crippen MR) is 78.7 cm³/mol. The van der Waals surface area contributed by atoms with Crippen molar-refractivity contribution in [3.8, 4) is 0 Å². The van der Waals surface area contributed by atoms with Gasteiger partial charge in [0.1, 0.15) is 0 Å².